The fraction of sp³-hybridized carbons (Fsp3) is 0.278. The van der Waals surface area contributed by atoms with Gasteiger partial charge in [-0.05, 0) is 29.4 Å². The maximum atomic E-state index is 11.8. The molecule has 20 heavy (non-hydrogen) atoms. The molecule has 2 atom stereocenters. The number of carbonyl (C=O) groups excluding carboxylic acids is 1. The third kappa shape index (κ3) is 3.27. The second-order valence-electron chi connectivity index (χ2n) is 5.36. The highest BCUT2D eigenvalue weighted by Crippen LogP contribution is 2.49. The molecule has 0 bridgehead atoms. The molecule has 0 aromatic heterocycles. The van der Waals surface area contributed by atoms with Crippen LogP contribution in [0.2, 0.25) is 0 Å². The number of esters is 1. The third-order valence-electron chi connectivity index (χ3n) is 3.82. The molecule has 0 N–H and O–H groups in total. The predicted octanol–water partition coefficient (Wildman–Crippen LogP) is 3.92. The molecule has 2 nitrogen and oxygen atoms in total. The van der Waals surface area contributed by atoms with Gasteiger partial charge in [0.05, 0.1) is 0 Å². The Balaban J connectivity index is 1.45. The molecule has 0 heterocycles. The summed E-state index contributed by atoms with van der Waals surface area (Å²) < 4.78 is 5.32. The zero-order valence-electron chi connectivity index (χ0n) is 11.4. The summed E-state index contributed by atoms with van der Waals surface area (Å²) in [6.45, 7) is 0.377. The highest BCUT2D eigenvalue weighted by molar-refractivity contribution is 5.70. The van der Waals surface area contributed by atoms with Crippen LogP contribution in [0.5, 0.6) is 0 Å². The molecule has 0 aliphatic heterocycles. The van der Waals surface area contributed by atoms with E-state index in [0.717, 1.165) is 12.0 Å². The number of carbonyl (C=O) groups is 1. The van der Waals surface area contributed by atoms with Gasteiger partial charge >= 0.3 is 5.97 Å². The van der Waals surface area contributed by atoms with Crippen molar-refractivity contribution in [1.82, 2.24) is 0 Å². The van der Waals surface area contributed by atoms with Crippen molar-refractivity contribution in [2.75, 3.05) is 0 Å². The van der Waals surface area contributed by atoms with Crippen molar-refractivity contribution in [2.45, 2.75) is 25.4 Å². The SMILES string of the molecule is O=C(C[C@H]1C[C@H]1c1ccccc1)OCc1ccccc1. The number of benzene rings is 2. The molecule has 2 aromatic rings. The van der Waals surface area contributed by atoms with E-state index in [2.05, 4.69) is 24.3 Å². The van der Waals surface area contributed by atoms with E-state index in [-0.39, 0.29) is 5.97 Å². The van der Waals surface area contributed by atoms with Gasteiger partial charge in [-0.25, -0.2) is 0 Å². The Labute approximate surface area is 119 Å². The lowest BCUT2D eigenvalue weighted by Gasteiger charge is -2.04. The average molecular weight is 266 g/mol. The number of hydrogen-bond donors (Lipinski definition) is 0. The minimum Gasteiger partial charge on any atom is -0.461 e. The third-order valence-corrected chi connectivity index (χ3v) is 3.82. The summed E-state index contributed by atoms with van der Waals surface area (Å²) in [6, 6.07) is 20.2. The summed E-state index contributed by atoms with van der Waals surface area (Å²) in [5, 5.41) is 0. The quantitative estimate of drug-likeness (QED) is 0.767. The van der Waals surface area contributed by atoms with Crippen molar-refractivity contribution >= 4 is 5.97 Å². The second-order valence-corrected chi connectivity index (χ2v) is 5.36. The molecule has 1 saturated carbocycles. The molecule has 3 rings (SSSR count). The molecular weight excluding hydrogens is 248 g/mol. The van der Waals surface area contributed by atoms with Crippen LogP contribution in [0.25, 0.3) is 0 Å². The van der Waals surface area contributed by atoms with Gasteiger partial charge < -0.3 is 4.74 Å². The van der Waals surface area contributed by atoms with Crippen molar-refractivity contribution in [1.29, 1.82) is 0 Å². The van der Waals surface area contributed by atoms with Crippen LogP contribution in [-0.2, 0) is 16.1 Å². The maximum absolute atomic E-state index is 11.8. The molecule has 0 amide bonds. The first-order valence-electron chi connectivity index (χ1n) is 7.07. The van der Waals surface area contributed by atoms with E-state index < -0.39 is 0 Å². The normalized spacial score (nSPS) is 20.4. The van der Waals surface area contributed by atoms with E-state index in [1.54, 1.807) is 0 Å². The Hall–Kier alpha value is -2.09. The Kier molecular flexibility index (Phi) is 3.82. The first-order chi connectivity index (χ1) is 9.83. The van der Waals surface area contributed by atoms with Crippen LogP contribution in [0.15, 0.2) is 60.7 Å². The Morgan fingerprint density at radius 2 is 1.65 bits per heavy atom. The zero-order valence-corrected chi connectivity index (χ0v) is 11.4. The fourth-order valence-corrected chi connectivity index (χ4v) is 2.59. The maximum Gasteiger partial charge on any atom is 0.306 e. The monoisotopic (exact) mass is 266 g/mol. The van der Waals surface area contributed by atoms with E-state index in [9.17, 15) is 4.79 Å². The van der Waals surface area contributed by atoms with Gasteiger partial charge in [0.1, 0.15) is 6.61 Å². The van der Waals surface area contributed by atoms with Crippen LogP contribution in [0.1, 0.15) is 29.9 Å². The first-order valence-corrected chi connectivity index (χ1v) is 7.07. The van der Waals surface area contributed by atoms with Crippen LogP contribution in [0.4, 0.5) is 0 Å². The van der Waals surface area contributed by atoms with Crippen molar-refractivity contribution in [3.05, 3.63) is 71.8 Å². The molecule has 2 aromatic carbocycles. The smallest absolute Gasteiger partial charge is 0.306 e. The highest BCUT2D eigenvalue weighted by atomic mass is 16.5. The van der Waals surface area contributed by atoms with Gasteiger partial charge in [-0.15, -0.1) is 0 Å². The number of ether oxygens (including phenoxy) is 1. The minimum absolute atomic E-state index is 0.0858. The summed E-state index contributed by atoms with van der Waals surface area (Å²) in [6.07, 6.45) is 1.64. The summed E-state index contributed by atoms with van der Waals surface area (Å²) in [7, 11) is 0. The molecule has 1 aliphatic rings. The molecule has 1 fully saturated rings. The topological polar surface area (TPSA) is 26.3 Å². The summed E-state index contributed by atoms with van der Waals surface area (Å²) in [4.78, 5) is 11.8. The summed E-state index contributed by atoms with van der Waals surface area (Å²) in [5.74, 6) is 0.915. The van der Waals surface area contributed by atoms with Crippen molar-refractivity contribution in [2.24, 2.45) is 5.92 Å². The minimum atomic E-state index is -0.0858. The molecule has 102 valence electrons. The Bertz CT molecular complexity index is 562. The summed E-state index contributed by atoms with van der Waals surface area (Å²) in [5.41, 5.74) is 2.38. The second kappa shape index (κ2) is 5.91. The van der Waals surface area contributed by atoms with Crippen molar-refractivity contribution in [3.8, 4) is 0 Å². The lowest BCUT2D eigenvalue weighted by atomic mass is 10.1. The molecule has 0 radical (unpaired) electrons. The largest absolute Gasteiger partial charge is 0.461 e. The van der Waals surface area contributed by atoms with E-state index >= 15 is 0 Å². The van der Waals surface area contributed by atoms with Gasteiger partial charge in [0.25, 0.3) is 0 Å². The molecule has 2 heteroatoms. The van der Waals surface area contributed by atoms with Gasteiger partial charge in [0, 0.05) is 6.42 Å². The molecule has 1 aliphatic carbocycles. The molecule has 0 spiro atoms. The molecule has 0 unspecified atom stereocenters. The van der Waals surface area contributed by atoms with E-state index in [0.29, 0.717) is 24.9 Å². The zero-order chi connectivity index (χ0) is 13.8. The van der Waals surface area contributed by atoms with Crippen molar-refractivity contribution in [3.63, 3.8) is 0 Å². The van der Waals surface area contributed by atoms with Crippen LogP contribution >= 0.6 is 0 Å². The fourth-order valence-electron chi connectivity index (χ4n) is 2.59. The molecular formula is C18H18O2. The number of rotatable bonds is 5. The van der Waals surface area contributed by atoms with Gasteiger partial charge in [0.15, 0.2) is 0 Å². The highest BCUT2D eigenvalue weighted by Gasteiger charge is 2.39. The van der Waals surface area contributed by atoms with E-state index in [1.807, 2.05) is 36.4 Å². The van der Waals surface area contributed by atoms with Crippen LogP contribution in [-0.4, -0.2) is 5.97 Å². The molecule has 0 saturated heterocycles. The average Bonchev–Trinajstić information content (AvgIpc) is 3.26. The standard InChI is InChI=1S/C18H18O2/c19-18(20-13-14-7-3-1-4-8-14)12-16-11-17(16)15-9-5-2-6-10-15/h1-10,16-17H,11-13H2/t16-,17+/m1/s1. The van der Waals surface area contributed by atoms with Gasteiger partial charge in [-0.2, -0.15) is 0 Å². The van der Waals surface area contributed by atoms with Gasteiger partial charge in [-0.1, -0.05) is 60.7 Å². The van der Waals surface area contributed by atoms with Crippen molar-refractivity contribution < 1.29 is 9.53 Å². The lowest BCUT2D eigenvalue weighted by Crippen LogP contribution is -2.05. The Morgan fingerprint density at radius 1 is 1.00 bits per heavy atom. The Morgan fingerprint density at radius 3 is 2.35 bits per heavy atom. The summed E-state index contributed by atoms with van der Waals surface area (Å²) >= 11 is 0. The van der Waals surface area contributed by atoms with Crippen LogP contribution < -0.4 is 0 Å². The van der Waals surface area contributed by atoms with E-state index in [1.165, 1.54) is 5.56 Å². The number of hydrogen-bond acceptors (Lipinski definition) is 2. The van der Waals surface area contributed by atoms with Gasteiger partial charge in [-0.3, -0.25) is 4.79 Å². The van der Waals surface area contributed by atoms with Gasteiger partial charge in [0.2, 0.25) is 0 Å². The van der Waals surface area contributed by atoms with Crippen LogP contribution in [0.3, 0.4) is 0 Å². The lowest BCUT2D eigenvalue weighted by molar-refractivity contribution is -0.145. The van der Waals surface area contributed by atoms with Crippen LogP contribution in [0, 0.1) is 5.92 Å². The predicted molar refractivity (Wildman–Crippen MR) is 78.1 cm³/mol. The first kappa shape index (κ1) is 12.9. The van der Waals surface area contributed by atoms with E-state index in [4.69, 9.17) is 4.74 Å².